The van der Waals surface area contributed by atoms with Crippen molar-refractivity contribution >= 4 is 0 Å². The first-order valence-electron chi connectivity index (χ1n) is 8.77. The minimum atomic E-state index is 0.338. The van der Waals surface area contributed by atoms with Crippen LogP contribution in [0.1, 0.15) is 49.7 Å². The third-order valence-electron chi connectivity index (χ3n) is 4.34. The van der Waals surface area contributed by atoms with Crippen molar-refractivity contribution in [1.82, 2.24) is 10.1 Å². The molecule has 0 radical (unpaired) electrons. The highest BCUT2D eigenvalue weighted by atomic mass is 16.5. The topological polar surface area (TPSA) is 47.7 Å². The first-order chi connectivity index (χ1) is 11.7. The van der Waals surface area contributed by atoms with Gasteiger partial charge in [-0.05, 0) is 57.9 Å². The number of aromatic nitrogens is 1. The molecule has 0 unspecified atom stereocenters. The number of hydrogen-bond donors (Lipinski definition) is 0. The van der Waals surface area contributed by atoms with Gasteiger partial charge in [0.15, 0.2) is 11.5 Å². The first kappa shape index (κ1) is 16.8. The van der Waals surface area contributed by atoms with Crippen molar-refractivity contribution in [3.8, 4) is 11.5 Å². The number of rotatable bonds is 7. The van der Waals surface area contributed by atoms with Crippen molar-refractivity contribution in [2.75, 3.05) is 19.8 Å². The molecule has 130 valence electrons. The molecule has 2 heterocycles. The first-order valence-corrected chi connectivity index (χ1v) is 8.77. The van der Waals surface area contributed by atoms with Gasteiger partial charge in [0, 0.05) is 12.6 Å². The summed E-state index contributed by atoms with van der Waals surface area (Å²) in [6, 6.07) is 8.61. The monoisotopic (exact) mass is 330 g/mol. The minimum Gasteiger partial charge on any atom is -0.490 e. The Bertz CT molecular complexity index is 668. The zero-order valence-electron chi connectivity index (χ0n) is 14.7. The zero-order chi connectivity index (χ0) is 16.9. The van der Waals surface area contributed by atoms with Gasteiger partial charge in [-0.25, -0.2) is 0 Å². The molecule has 0 saturated carbocycles. The fourth-order valence-electron chi connectivity index (χ4n) is 3.32. The molecule has 0 aliphatic carbocycles. The fourth-order valence-corrected chi connectivity index (χ4v) is 3.32. The van der Waals surface area contributed by atoms with Gasteiger partial charge in [-0.1, -0.05) is 11.2 Å². The lowest BCUT2D eigenvalue weighted by Crippen LogP contribution is -2.23. The Morgan fingerprint density at radius 1 is 1.17 bits per heavy atom. The third kappa shape index (κ3) is 3.73. The van der Waals surface area contributed by atoms with Crippen LogP contribution in [0.5, 0.6) is 11.5 Å². The number of ether oxygens (including phenoxy) is 2. The van der Waals surface area contributed by atoms with E-state index in [2.05, 4.69) is 22.2 Å². The molecule has 0 N–H and O–H groups in total. The maximum atomic E-state index is 5.74. The molecule has 1 aliphatic rings. The lowest BCUT2D eigenvalue weighted by atomic mass is 10.1. The van der Waals surface area contributed by atoms with Crippen molar-refractivity contribution in [1.29, 1.82) is 0 Å². The molecule has 1 aromatic carbocycles. The Morgan fingerprint density at radius 2 is 1.96 bits per heavy atom. The van der Waals surface area contributed by atoms with Crippen molar-refractivity contribution in [3.05, 3.63) is 41.3 Å². The van der Waals surface area contributed by atoms with Gasteiger partial charge in [-0.2, -0.15) is 0 Å². The molecular weight excluding hydrogens is 304 g/mol. The highest BCUT2D eigenvalue weighted by molar-refractivity contribution is 5.43. The Kier molecular flexibility index (Phi) is 5.41. The summed E-state index contributed by atoms with van der Waals surface area (Å²) in [6.45, 7) is 9.14. The van der Waals surface area contributed by atoms with Crippen LogP contribution < -0.4 is 9.47 Å². The SMILES string of the molecule is CCOc1ccc(CN2CCC[C@H]2c2cc(C)on2)cc1OCC. The molecule has 0 amide bonds. The summed E-state index contributed by atoms with van der Waals surface area (Å²) < 4.78 is 16.6. The van der Waals surface area contributed by atoms with Crippen molar-refractivity contribution in [2.24, 2.45) is 0 Å². The van der Waals surface area contributed by atoms with Crippen molar-refractivity contribution < 1.29 is 14.0 Å². The van der Waals surface area contributed by atoms with Gasteiger partial charge >= 0.3 is 0 Å². The van der Waals surface area contributed by atoms with Crippen LogP contribution in [-0.4, -0.2) is 29.8 Å². The van der Waals surface area contributed by atoms with E-state index in [9.17, 15) is 0 Å². The summed E-state index contributed by atoms with van der Waals surface area (Å²) in [5.41, 5.74) is 2.27. The summed E-state index contributed by atoms with van der Waals surface area (Å²) in [5.74, 6) is 2.51. The van der Waals surface area contributed by atoms with Gasteiger partial charge < -0.3 is 14.0 Å². The van der Waals surface area contributed by atoms with E-state index >= 15 is 0 Å². The van der Waals surface area contributed by atoms with Gasteiger partial charge in [0.25, 0.3) is 0 Å². The number of aryl methyl sites for hydroxylation is 1. The zero-order valence-corrected chi connectivity index (χ0v) is 14.7. The van der Waals surface area contributed by atoms with E-state index in [4.69, 9.17) is 14.0 Å². The van der Waals surface area contributed by atoms with E-state index in [1.54, 1.807) is 0 Å². The molecule has 0 spiro atoms. The number of likely N-dealkylation sites (tertiary alicyclic amines) is 1. The lowest BCUT2D eigenvalue weighted by Gasteiger charge is -2.23. The molecule has 1 aliphatic heterocycles. The normalized spacial score (nSPS) is 18.0. The number of benzene rings is 1. The highest BCUT2D eigenvalue weighted by Crippen LogP contribution is 2.34. The molecule has 3 rings (SSSR count). The Hall–Kier alpha value is -2.01. The smallest absolute Gasteiger partial charge is 0.161 e. The fraction of sp³-hybridized carbons (Fsp3) is 0.526. The summed E-state index contributed by atoms with van der Waals surface area (Å²) in [5, 5.41) is 4.21. The van der Waals surface area contributed by atoms with E-state index in [-0.39, 0.29) is 0 Å². The average molecular weight is 330 g/mol. The summed E-state index contributed by atoms with van der Waals surface area (Å²) in [6.07, 6.45) is 2.31. The van der Waals surface area contributed by atoms with E-state index in [1.165, 1.54) is 12.0 Å². The van der Waals surface area contributed by atoms with Gasteiger partial charge in [0.1, 0.15) is 11.5 Å². The van der Waals surface area contributed by atoms with Crippen LogP contribution in [-0.2, 0) is 6.54 Å². The molecule has 24 heavy (non-hydrogen) atoms. The molecular formula is C19H26N2O3. The number of nitrogens with zero attached hydrogens (tertiary/aromatic N) is 2. The summed E-state index contributed by atoms with van der Waals surface area (Å²) >= 11 is 0. The maximum Gasteiger partial charge on any atom is 0.161 e. The van der Waals surface area contributed by atoms with E-state index in [1.807, 2.05) is 32.9 Å². The van der Waals surface area contributed by atoms with Crippen LogP contribution in [0.4, 0.5) is 0 Å². The molecule has 0 bridgehead atoms. The van der Waals surface area contributed by atoms with Crippen LogP contribution in [0.3, 0.4) is 0 Å². The maximum absolute atomic E-state index is 5.74. The van der Waals surface area contributed by atoms with Gasteiger partial charge in [0.05, 0.1) is 19.3 Å². The lowest BCUT2D eigenvalue weighted by molar-refractivity contribution is 0.235. The molecule has 5 heteroatoms. The molecule has 1 fully saturated rings. The molecule has 1 aromatic heterocycles. The number of hydrogen-bond acceptors (Lipinski definition) is 5. The van der Waals surface area contributed by atoms with Gasteiger partial charge in [0.2, 0.25) is 0 Å². The molecule has 1 atom stereocenters. The van der Waals surface area contributed by atoms with Crippen LogP contribution in [0.15, 0.2) is 28.8 Å². The van der Waals surface area contributed by atoms with Crippen molar-refractivity contribution in [2.45, 2.75) is 46.2 Å². The molecule has 5 nitrogen and oxygen atoms in total. The summed E-state index contributed by atoms with van der Waals surface area (Å²) in [7, 11) is 0. The predicted octanol–water partition coefficient (Wildman–Crippen LogP) is 4.12. The average Bonchev–Trinajstić information content (AvgIpc) is 3.19. The molecule has 1 saturated heterocycles. The van der Waals surface area contributed by atoms with E-state index in [0.29, 0.717) is 19.3 Å². The largest absolute Gasteiger partial charge is 0.490 e. The van der Waals surface area contributed by atoms with Gasteiger partial charge in [-0.15, -0.1) is 0 Å². The van der Waals surface area contributed by atoms with Crippen LogP contribution in [0.25, 0.3) is 0 Å². The van der Waals surface area contributed by atoms with E-state index in [0.717, 1.165) is 42.5 Å². The Balaban J connectivity index is 1.75. The van der Waals surface area contributed by atoms with Crippen molar-refractivity contribution in [3.63, 3.8) is 0 Å². The Morgan fingerprint density at radius 3 is 2.67 bits per heavy atom. The standard InChI is InChI=1S/C19H26N2O3/c1-4-22-18-9-8-15(12-19(18)23-5-2)13-21-10-6-7-17(21)16-11-14(3)24-20-16/h8-9,11-12,17H,4-7,10,13H2,1-3H3/t17-/m0/s1. The Labute approximate surface area is 143 Å². The third-order valence-corrected chi connectivity index (χ3v) is 4.34. The van der Waals surface area contributed by atoms with Crippen LogP contribution in [0, 0.1) is 6.92 Å². The second kappa shape index (κ2) is 7.71. The van der Waals surface area contributed by atoms with E-state index < -0.39 is 0 Å². The second-order valence-electron chi connectivity index (χ2n) is 6.14. The highest BCUT2D eigenvalue weighted by Gasteiger charge is 2.28. The second-order valence-corrected chi connectivity index (χ2v) is 6.14. The van der Waals surface area contributed by atoms with Gasteiger partial charge in [-0.3, -0.25) is 4.90 Å². The van der Waals surface area contributed by atoms with Crippen LogP contribution in [0.2, 0.25) is 0 Å². The van der Waals surface area contributed by atoms with Crippen LogP contribution >= 0.6 is 0 Å². The molecule has 2 aromatic rings. The quantitative estimate of drug-likeness (QED) is 0.764. The minimum absolute atomic E-state index is 0.338. The summed E-state index contributed by atoms with van der Waals surface area (Å²) in [4.78, 5) is 2.46. The predicted molar refractivity (Wildman–Crippen MR) is 92.4 cm³/mol.